The molecular weight excluding hydrogens is 543 g/mol. The molecule has 2 saturated heterocycles. The number of para-hydroxylation sites is 1. The molecule has 2 aliphatic heterocycles. The van der Waals surface area contributed by atoms with E-state index in [9.17, 15) is 28.1 Å². The number of rotatable bonds is 7. The number of carboxylic acid groups (broad SMARTS) is 1. The summed E-state index contributed by atoms with van der Waals surface area (Å²) in [5, 5.41) is 18.0. The first-order valence-corrected chi connectivity index (χ1v) is 13.6. The minimum atomic E-state index is -5.08. The van der Waals surface area contributed by atoms with Crippen LogP contribution >= 0.6 is 0 Å². The zero-order valence-corrected chi connectivity index (χ0v) is 23.2. The lowest BCUT2D eigenvalue weighted by Gasteiger charge is -2.47. The third kappa shape index (κ3) is 9.17. The Morgan fingerprint density at radius 2 is 1.54 bits per heavy atom. The summed E-state index contributed by atoms with van der Waals surface area (Å²) in [6.45, 7) is 9.60. The van der Waals surface area contributed by atoms with Crippen molar-refractivity contribution in [1.29, 1.82) is 0 Å². The number of hydrogen-bond acceptors (Lipinski definition) is 6. The van der Waals surface area contributed by atoms with E-state index in [1.807, 2.05) is 11.0 Å². The molecule has 1 spiro atoms. The van der Waals surface area contributed by atoms with Crippen LogP contribution in [-0.4, -0.2) is 70.7 Å². The Balaban J connectivity index is 0.000000587. The van der Waals surface area contributed by atoms with Crippen LogP contribution in [0, 0.1) is 21.4 Å². The Hall–Kier alpha value is -3.67. The number of non-ortho nitro benzene ring substituents is 1. The molecule has 0 bridgehead atoms. The molecule has 1 N–H and O–H groups in total. The van der Waals surface area contributed by atoms with Gasteiger partial charge in [0, 0.05) is 42.9 Å². The molecule has 0 saturated carbocycles. The topological polar surface area (TPSA) is 113 Å². The number of amides is 1. The van der Waals surface area contributed by atoms with Crippen molar-refractivity contribution in [1.82, 2.24) is 9.80 Å². The number of piperidine rings is 2. The van der Waals surface area contributed by atoms with Crippen molar-refractivity contribution in [3.63, 3.8) is 0 Å². The van der Waals surface area contributed by atoms with Gasteiger partial charge >= 0.3 is 12.1 Å². The number of nitro groups is 1. The standard InChI is InChI=1S/C27H35N3O4.C2HF3O2/c1-21(2)20-34-25-6-4-3-5-23(25)19-28-15-11-27(12-16-28)13-17-29(18-14-27)26(31)22-7-9-24(10-8-22)30(32)33;3-2(4,5)1(6)7/h3-10,21H,11-20H2,1-2H3;(H,6,7). The normalized spacial score (nSPS) is 17.1. The van der Waals surface area contributed by atoms with E-state index in [1.54, 1.807) is 12.1 Å². The Morgan fingerprint density at radius 3 is 2.05 bits per heavy atom. The van der Waals surface area contributed by atoms with E-state index in [-0.39, 0.29) is 11.6 Å². The van der Waals surface area contributed by atoms with Gasteiger partial charge in [-0.15, -0.1) is 0 Å². The van der Waals surface area contributed by atoms with E-state index >= 15 is 0 Å². The molecule has 2 aromatic rings. The van der Waals surface area contributed by atoms with Crippen LogP contribution in [0.15, 0.2) is 48.5 Å². The summed E-state index contributed by atoms with van der Waals surface area (Å²) in [5.41, 5.74) is 2.10. The number of halogens is 3. The highest BCUT2D eigenvalue weighted by molar-refractivity contribution is 5.94. The van der Waals surface area contributed by atoms with E-state index < -0.39 is 17.1 Å². The highest BCUT2D eigenvalue weighted by Crippen LogP contribution is 2.42. The third-order valence-electron chi connectivity index (χ3n) is 7.53. The molecule has 0 aromatic heterocycles. The number of carbonyl (C=O) groups excluding carboxylic acids is 1. The Bertz CT molecular complexity index is 1190. The predicted molar refractivity (Wildman–Crippen MR) is 146 cm³/mol. The molecule has 2 aromatic carbocycles. The SMILES string of the molecule is CC(C)COc1ccccc1CN1CCC2(CC1)CCN(C(=O)c1ccc([N+](=O)[O-])cc1)CC2.O=C(O)C(F)(F)F. The second kappa shape index (κ2) is 13.8. The molecule has 2 aliphatic rings. The first kappa shape index (κ1) is 31.9. The van der Waals surface area contributed by atoms with Crippen LogP contribution in [0.5, 0.6) is 5.75 Å². The van der Waals surface area contributed by atoms with Crippen LogP contribution in [0.3, 0.4) is 0 Å². The van der Waals surface area contributed by atoms with Gasteiger partial charge in [-0.1, -0.05) is 32.0 Å². The van der Waals surface area contributed by atoms with Gasteiger partial charge in [0.15, 0.2) is 0 Å². The Morgan fingerprint density at radius 1 is 1.00 bits per heavy atom. The summed E-state index contributed by atoms with van der Waals surface area (Å²) in [4.78, 5) is 36.6. The summed E-state index contributed by atoms with van der Waals surface area (Å²) in [6, 6.07) is 14.3. The van der Waals surface area contributed by atoms with E-state index in [1.165, 1.54) is 17.7 Å². The summed E-state index contributed by atoms with van der Waals surface area (Å²) in [6.07, 6.45) is -0.732. The van der Waals surface area contributed by atoms with E-state index in [4.69, 9.17) is 14.6 Å². The predicted octanol–water partition coefficient (Wildman–Crippen LogP) is 5.78. The van der Waals surface area contributed by atoms with Crippen LogP contribution in [0.1, 0.15) is 55.5 Å². The van der Waals surface area contributed by atoms with Crippen molar-refractivity contribution in [2.75, 3.05) is 32.8 Å². The number of likely N-dealkylation sites (tertiary alicyclic amines) is 2. The van der Waals surface area contributed by atoms with Crippen molar-refractivity contribution >= 4 is 17.6 Å². The van der Waals surface area contributed by atoms with Crippen LogP contribution < -0.4 is 4.74 Å². The average molecular weight is 580 g/mol. The van der Waals surface area contributed by atoms with Crippen molar-refractivity contribution in [2.24, 2.45) is 11.3 Å². The van der Waals surface area contributed by atoms with Gasteiger partial charge in [0.1, 0.15) is 5.75 Å². The van der Waals surface area contributed by atoms with Gasteiger partial charge in [0.05, 0.1) is 11.5 Å². The van der Waals surface area contributed by atoms with Crippen LogP contribution in [0.25, 0.3) is 0 Å². The van der Waals surface area contributed by atoms with Crippen LogP contribution in [-0.2, 0) is 11.3 Å². The minimum absolute atomic E-state index is 0.00927. The highest BCUT2D eigenvalue weighted by atomic mass is 19.4. The number of ether oxygens (including phenoxy) is 1. The lowest BCUT2D eigenvalue weighted by atomic mass is 9.71. The second-order valence-electron chi connectivity index (χ2n) is 11.0. The molecule has 41 heavy (non-hydrogen) atoms. The molecule has 0 radical (unpaired) electrons. The molecule has 2 heterocycles. The van der Waals surface area contributed by atoms with Crippen LogP contribution in [0.2, 0.25) is 0 Å². The molecule has 0 aliphatic carbocycles. The van der Waals surface area contributed by atoms with Gasteiger partial charge in [0.25, 0.3) is 11.6 Å². The zero-order chi connectivity index (χ0) is 30.2. The van der Waals surface area contributed by atoms with Crippen molar-refractivity contribution in [3.05, 3.63) is 69.8 Å². The van der Waals surface area contributed by atoms with E-state index in [2.05, 4.69) is 36.9 Å². The molecule has 224 valence electrons. The molecule has 2 fully saturated rings. The molecule has 12 heteroatoms. The molecule has 0 unspecified atom stereocenters. The number of benzene rings is 2. The molecule has 9 nitrogen and oxygen atoms in total. The largest absolute Gasteiger partial charge is 0.493 e. The first-order valence-electron chi connectivity index (χ1n) is 13.6. The van der Waals surface area contributed by atoms with Gasteiger partial charge in [-0.25, -0.2) is 4.79 Å². The summed E-state index contributed by atoms with van der Waals surface area (Å²) in [5.74, 6) is -1.29. The van der Waals surface area contributed by atoms with Crippen molar-refractivity contribution in [3.8, 4) is 5.75 Å². The fourth-order valence-electron chi connectivity index (χ4n) is 5.05. The molecule has 0 atom stereocenters. The lowest BCUT2D eigenvalue weighted by Crippen LogP contribution is -2.48. The quantitative estimate of drug-likeness (QED) is 0.327. The van der Waals surface area contributed by atoms with Gasteiger partial charge in [-0.3, -0.25) is 19.8 Å². The first-order chi connectivity index (χ1) is 19.3. The smallest absolute Gasteiger partial charge is 0.490 e. The maximum atomic E-state index is 12.9. The number of carbonyl (C=O) groups is 2. The maximum Gasteiger partial charge on any atom is 0.490 e. The number of hydrogen-bond donors (Lipinski definition) is 1. The average Bonchev–Trinajstić information content (AvgIpc) is 2.94. The van der Waals surface area contributed by atoms with Gasteiger partial charge in [0.2, 0.25) is 0 Å². The summed E-state index contributed by atoms with van der Waals surface area (Å²) < 4.78 is 37.8. The van der Waals surface area contributed by atoms with Crippen molar-refractivity contribution < 1.29 is 37.5 Å². The summed E-state index contributed by atoms with van der Waals surface area (Å²) in [7, 11) is 0. The Labute approximate surface area is 237 Å². The minimum Gasteiger partial charge on any atom is -0.493 e. The van der Waals surface area contributed by atoms with E-state index in [0.717, 1.165) is 70.8 Å². The maximum absolute atomic E-state index is 12.9. The summed E-state index contributed by atoms with van der Waals surface area (Å²) >= 11 is 0. The van der Waals surface area contributed by atoms with Crippen molar-refractivity contribution in [2.45, 2.75) is 52.3 Å². The third-order valence-corrected chi connectivity index (χ3v) is 7.53. The zero-order valence-electron chi connectivity index (χ0n) is 23.2. The van der Waals surface area contributed by atoms with Gasteiger partial charge in [-0.05, 0) is 68.3 Å². The Kier molecular flexibility index (Phi) is 10.7. The molecular formula is C29H36F3N3O6. The van der Waals surface area contributed by atoms with Gasteiger partial charge < -0.3 is 14.7 Å². The van der Waals surface area contributed by atoms with E-state index in [0.29, 0.717) is 16.9 Å². The monoisotopic (exact) mass is 579 g/mol. The number of carboxylic acids is 1. The molecule has 1 amide bonds. The second-order valence-corrected chi connectivity index (χ2v) is 11.0. The fraction of sp³-hybridized carbons (Fsp3) is 0.517. The lowest BCUT2D eigenvalue weighted by molar-refractivity contribution is -0.384. The fourth-order valence-corrected chi connectivity index (χ4v) is 5.05. The van der Waals surface area contributed by atoms with Crippen LogP contribution in [0.4, 0.5) is 18.9 Å². The number of alkyl halides is 3. The van der Waals surface area contributed by atoms with Gasteiger partial charge in [-0.2, -0.15) is 13.2 Å². The number of aliphatic carboxylic acids is 1. The highest BCUT2D eigenvalue weighted by Gasteiger charge is 2.39. The molecule has 4 rings (SSSR count). The number of nitro benzene ring substituents is 1. The number of nitrogens with zero attached hydrogens (tertiary/aromatic N) is 3.